The summed E-state index contributed by atoms with van der Waals surface area (Å²) in [6, 6.07) is 9.94. The van der Waals surface area contributed by atoms with Crippen LogP contribution in [0.3, 0.4) is 0 Å². The van der Waals surface area contributed by atoms with Crippen LogP contribution in [0.15, 0.2) is 54.5 Å². The van der Waals surface area contributed by atoms with E-state index >= 15 is 0 Å². The number of nitrogens with one attached hydrogen (secondary N) is 1. The summed E-state index contributed by atoms with van der Waals surface area (Å²) in [6.45, 7) is 2.19. The van der Waals surface area contributed by atoms with Crippen LogP contribution in [0.1, 0.15) is 28.1 Å². The Bertz CT molecular complexity index is 1010. The third-order valence-electron chi connectivity index (χ3n) is 4.08. The maximum atomic E-state index is 12.5. The van der Waals surface area contributed by atoms with Crippen LogP contribution in [0.5, 0.6) is 0 Å². The lowest BCUT2D eigenvalue weighted by Gasteiger charge is -2.22. The van der Waals surface area contributed by atoms with Crippen LogP contribution in [0.4, 0.5) is 0 Å². The number of rotatable bonds is 5. The zero-order chi connectivity index (χ0) is 18.8. The average Bonchev–Trinajstić information content (AvgIpc) is 3.00. The molecule has 26 heavy (non-hydrogen) atoms. The molecule has 0 bridgehead atoms. The average molecular weight is 419 g/mol. The van der Waals surface area contributed by atoms with Crippen molar-refractivity contribution in [2.75, 3.05) is 20.6 Å². The second-order valence-corrected chi connectivity index (χ2v) is 7.17. The number of amides is 1. The Kier molecular flexibility index (Phi) is 5.29. The number of fused-ring (bicyclic) bond motifs is 1. The molecule has 0 aliphatic rings. The molecule has 6 nitrogen and oxygen atoms in total. The van der Waals surface area contributed by atoms with Crippen molar-refractivity contribution in [3.8, 4) is 0 Å². The topological polar surface area (TPSA) is 75.7 Å². The molecule has 7 heteroatoms. The van der Waals surface area contributed by atoms with Crippen molar-refractivity contribution >= 4 is 32.8 Å². The molecule has 0 spiro atoms. The number of carbonyl (C=O) groups is 1. The molecule has 0 radical (unpaired) electrons. The molecule has 0 saturated carbocycles. The number of likely N-dealkylation sites (N-methyl/N-ethyl adjacent to an activating group) is 1. The Morgan fingerprint density at radius 1 is 1.19 bits per heavy atom. The van der Waals surface area contributed by atoms with E-state index in [4.69, 9.17) is 8.83 Å². The highest BCUT2D eigenvalue weighted by Crippen LogP contribution is 2.21. The van der Waals surface area contributed by atoms with Gasteiger partial charge in [0.25, 0.3) is 5.91 Å². The van der Waals surface area contributed by atoms with E-state index in [-0.39, 0.29) is 17.2 Å². The SMILES string of the molecule is Cc1ccc([C@H](CNC(=O)c2cc(=O)c3ccc(Br)cc3o2)N(C)C)o1. The molecular formula is C19H19BrN2O4. The first-order chi connectivity index (χ1) is 12.3. The number of carbonyl (C=O) groups excluding carboxylic acids is 1. The van der Waals surface area contributed by atoms with Gasteiger partial charge in [-0.05, 0) is 51.4 Å². The minimum absolute atomic E-state index is 0.0197. The molecule has 1 N–H and O–H groups in total. The summed E-state index contributed by atoms with van der Waals surface area (Å²) in [7, 11) is 3.81. The van der Waals surface area contributed by atoms with Crippen molar-refractivity contribution in [3.63, 3.8) is 0 Å². The van der Waals surface area contributed by atoms with Gasteiger partial charge in [0.15, 0.2) is 11.2 Å². The van der Waals surface area contributed by atoms with Gasteiger partial charge >= 0.3 is 0 Å². The molecule has 0 fully saturated rings. The van der Waals surface area contributed by atoms with Gasteiger partial charge in [-0.3, -0.25) is 14.5 Å². The predicted molar refractivity (Wildman–Crippen MR) is 102 cm³/mol. The number of furan rings is 1. The van der Waals surface area contributed by atoms with Gasteiger partial charge in [-0.25, -0.2) is 0 Å². The highest BCUT2D eigenvalue weighted by molar-refractivity contribution is 9.10. The van der Waals surface area contributed by atoms with E-state index in [1.54, 1.807) is 18.2 Å². The van der Waals surface area contributed by atoms with Crippen LogP contribution in [-0.4, -0.2) is 31.4 Å². The third-order valence-corrected chi connectivity index (χ3v) is 4.58. The molecule has 0 unspecified atom stereocenters. The summed E-state index contributed by atoms with van der Waals surface area (Å²) in [6.07, 6.45) is 0. The molecule has 0 aliphatic heterocycles. The summed E-state index contributed by atoms with van der Waals surface area (Å²) < 4.78 is 12.0. The molecule has 0 saturated heterocycles. The summed E-state index contributed by atoms with van der Waals surface area (Å²) in [5.41, 5.74) is 0.109. The summed E-state index contributed by atoms with van der Waals surface area (Å²) >= 11 is 3.33. The largest absolute Gasteiger partial charge is 0.465 e. The molecule has 3 rings (SSSR count). The van der Waals surface area contributed by atoms with E-state index in [2.05, 4.69) is 21.2 Å². The van der Waals surface area contributed by atoms with Crippen LogP contribution in [-0.2, 0) is 0 Å². The number of benzene rings is 1. The van der Waals surface area contributed by atoms with Crippen LogP contribution in [0.2, 0.25) is 0 Å². The van der Waals surface area contributed by atoms with Gasteiger partial charge in [0.2, 0.25) is 0 Å². The van der Waals surface area contributed by atoms with Crippen molar-refractivity contribution in [1.29, 1.82) is 0 Å². The summed E-state index contributed by atoms with van der Waals surface area (Å²) in [5, 5.41) is 3.24. The number of nitrogens with zero attached hydrogens (tertiary/aromatic N) is 1. The van der Waals surface area contributed by atoms with Gasteiger partial charge in [0.1, 0.15) is 17.1 Å². The molecule has 2 aromatic heterocycles. The summed E-state index contributed by atoms with van der Waals surface area (Å²) in [4.78, 5) is 26.6. The fourth-order valence-electron chi connectivity index (χ4n) is 2.69. The first-order valence-electron chi connectivity index (χ1n) is 8.09. The lowest BCUT2D eigenvalue weighted by molar-refractivity contribution is 0.0911. The predicted octanol–water partition coefficient (Wildman–Crippen LogP) is 3.49. The number of halogens is 1. The van der Waals surface area contributed by atoms with E-state index in [0.717, 1.165) is 16.0 Å². The van der Waals surface area contributed by atoms with Gasteiger partial charge in [-0.1, -0.05) is 15.9 Å². The Balaban J connectivity index is 1.81. The molecular weight excluding hydrogens is 400 g/mol. The summed E-state index contributed by atoms with van der Waals surface area (Å²) in [5.74, 6) is 1.11. The van der Waals surface area contributed by atoms with Crippen LogP contribution in [0, 0.1) is 6.92 Å². The third kappa shape index (κ3) is 3.89. The Morgan fingerprint density at radius 3 is 2.62 bits per heavy atom. The molecule has 3 aromatic rings. The zero-order valence-electron chi connectivity index (χ0n) is 14.7. The van der Waals surface area contributed by atoms with Gasteiger partial charge in [-0.15, -0.1) is 0 Å². The van der Waals surface area contributed by atoms with E-state index in [1.165, 1.54) is 6.07 Å². The van der Waals surface area contributed by atoms with E-state index in [1.807, 2.05) is 38.1 Å². The van der Waals surface area contributed by atoms with Gasteiger partial charge in [-0.2, -0.15) is 0 Å². The van der Waals surface area contributed by atoms with Crippen molar-refractivity contribution < 1.29 is 13.6 Å². The second kappa shape index (κ2) is 7.47. The number of hydrogen-bond donors (Lipinski definition) is 1. The van der Waals surface area contributed by atoms with Crippen molar-refractivity contribution in [3.05, 3.63) is 68.4 Å². The van der Waals surface area contributed by atoms with E-state index < -0.39 is 5.91 Å². The second-order valence-electron chi connectivity index (χ2n) is 6.25. The zero-order valence-corrected chi connectivity index (χ0v) is 16.3. The highest BCUT2D eigenvalue weighted by Gasteiger charge is 2.20. The molecule has 136 valence electrons. The van der Waals surface area contributed by atoms with Crippen LogP contribution >= 0.6 is 15.9 Å². The van der Waals surface area contributed by atoms with Gasteiger partial charge in [0, 0.05) is 17.1 Å². The Labute approximate surface area is 158 Å². The smallest absolute Gasteiger partial charge is 0.287 e. The van der Waals surface area contributed by atoms with Crippen molar-refractivity contribution in [1.82, 2.24) is 10.2 Å². The first-order valence-corrected chi connectivity index (χ1v) is 8.89. The maximum absolute atomic E-state index is 12.5. The molecule has 1 amide bonds. The van der Waals surface area contributed by atoms with Gasteiger partial charge in [0.05, 0.1) is 11.4 Å². The van der Waals surface area contributed by atoms with E-state index in [0.29, 0.717) is 17.5 Å². The standard InChI is InChI=1S/C19H19BrN2O4/c1-11-4-7-16(25-11)14(22(2)3)10-21-19(24)18-9-15(23)13-6-5-12(20)8-17(13)26-18/h4-9,14H,10H2,1-3H3,(H,21,24)/t14-/m0/s1. The highest BCUT2D eigenvalue weighted by atomic mass is 79.9. The normalized spacial score (nSPS) is 12.5. The Hall–Kier alpha value is -2.38. The van der Waals surface area contributed by atoms with Gasteiger partial charge < -0.3 is 14.2 Å². The first kappa shape index (κ1) is 18.4. The quantitative estimate of drug-likeness (QED) is 0.686. The fourth-order valence-corrected chi connectivity index (χ4v) is 3.03. The van der Waals surface area contributed by atoms with E-state index in [9.17, 15) is 9.59 Å². The number of hydrogen-bond acceptors (Lipinski definition) is 5. The monoisotopic (exact) mass is 418 g/mol. The van der Waals surface area contributed by atoms with Crippen molar-refractivity contribution in [2.45, 2.75) is 13.0 Å². The lowest BCUT2D eigenvalue weighted by atomic mass is 10.2. The molecule has 1 aromatic carbocycles. The molecule has 0 aliphatic carbocycles. The van der Waals surface area contributed by atoms with Crippen LogP contribution in [0.25, 0.3) is 11.0 Å². The lowest BCUT2D eigenvalue weighted by Crippen LogP contribution is -2.34. The maximum Gasteiger partial charge on any atom is 0.287 e. The number of aryl methyl sites for hydroxylation is 1. The van der Waals surface area contributed by atoms with Crippen LogP contribution < -0.4 is 10.7 Å². The fraction of sp³-hybridized carbons (Fsp3) is 0.263. The molecule has 2 heterocycles. The molecule has 1 atom stereocenters. The Morgan fingerprint density at radius 2 is 1.96 bits per heavy atom. The minimum atomic E-state index is -0.445. The minimum Gasteiger partial charge on any atom is -0.465 e. The van der Waals surface area contributed by atoms with Crippen molar-refractivity contribution in [2.24, 2.45) is 0 Å².